The van der Waals surface area contributed by atoms with Crippen LogP contribution in [-0.4, -0.2) is 53.3 Å². The van der Waals surface area contributed by atoms with Crippen LogP contribution in [0.15, 0.2) is 36.4 Å². The third-order valence-corrected chi connectivity index (χ3v) is 4.95. The number of aromatic carboxylic acids is 1. The van der Waals surface area contributed by atoms with Gasteiger partial charge in [0.15, 0.2) is 5.11 Å². The number of nitrogens with one attached hydrogen (secondary N) is 2. The Morgan fingerprint density at radius 1 is 1.19 bits per heavy atom. The number of rotatable bonds is 5. The van der Waals surface area contributed by atoms with Gasteiger partial charge in [0.25, 0.3) is 11.6 Å². The van der Waals surface area contributed by atoms with E-state index in [2.05, 4.69) is 10.6 Å². The molecule has 0 saturated carbocycles. The van der Waals surface area contributed by atoms with E-state index in [1.807, 2.05) is 4.90 Å². The van der Waals surface area contributed by atoms with Crippen LogP contribution in [0.3, 0.4) is 0 Å². The van der Waals surface area contributed by atoms with Gasteiger partial charge in [0, 0.05) is 30.9 Å². The molecule has 0 aromatic heterocycles. The molecule has 2 aromatic rings. The highest BCUT2D eigenvalue weighted by atomic mass is 32.1. The summed E-state index contributed by atoms with van der Waals surface area (Å²) in [5.74, 6) is -1.71. The largest absolute Gasteiger partial charge is 0.478 e. The number of carbonyl (C=O) groups excluding carboxylic acids is 1. The van der Waals surface area contributed by atoms with E-state index < -0.39 is 16.8 Å². The molecule has 11 heteroatoms. The number of carbonyl (C=O) groups is 2. The number of benzene rings is 2. The summed E-state index contributed by atoms with van der Waals surface area (Å²) in [7, 11) is 0. The van der Waals surface area contributed by atoms with Crippen molar-refractivity contribution in [2.45, 2.75) is 6.92 Å². The van der Waals surface area contributed by atoms with Crippen molar-refractivity contribution in [2.24, 2.45) is 0 Å². The van der Waals surface area contributed by atoms with Crippen molar-refractivity contribution >= 4 is 46.3 Å². The summed E-state index contributed by atoms with van der Waals surface area (Å²) in [6.07, 6.45) is 0. The molecule has 2 aromatic carbocycles. The lowest BCUT2D eigenvalue weighted by Crippen LogP contribution is -2.39. The number of hydrogen-bond acceptors (Lipinski definition) is 7. The number of ether oxygens (including phenoxy) is 1. The molecular weight excluding hydrogens is 424 g/mol. The van der Waals surface area contributed by atoms with Crippen LogP contribution in [0.4, 0.5) is 17.1 Å². The number of hydrogen-bond donors (Lipinski definition) is 3. The highest BCUT2D eigenvalue weighted by Crippen LogP contribution is 2.26. The lowest BCUT2D eigenvalue weighted by atomic mass is 10.1. The molecule has 0 spiro atoms. The fourth-order valence-electron chi connectivity index (χ4n) is 3.11. The quantitative estimate of drug-likeness (QED) is 0.361. The number of nitro groups is 1. The van der Waals surface area contributed by atoms with E-state index in [1.54, 1.807) is 13.0 Å². The number of thiocarbonyl (C=S) groups is 1. The molecule has 10 nitrogen and oxygen atoms in total. The van der Waals surface area contributed by atoms with E-state index in [-0.39, 0.29) is 21.9 Å². The molecule has 1 saturated heterocycles. The van der Waals surface area contributed by atoms with E-state index in [1.165, 1.54) is 30.3 Å². The molecule has 1 heterocycles. The molecule has 0 bridgehead atoms. The van der Waals surface area contributed by atoms with Crippen LogP contribution in [0, 0.1) is 17.0 Å². The first-order valence-electron chi connectivity index (χ1n) is 9.33. The first kappa shape index (κ1) is 22.1. The predicted molar refractivity (Wildman–Crippen MR) is 118 cm³/mol. The molecule has 1 fully saturated rings. The number of nitrogens with zero attached hydrogens (tertiary/aromatic N) is 2. The molecule has 31 heavy (non-hydrogen) atoms. The van der Waals surface area contributed by atoms with Crippen LogP contribution >= 0.6 is 12.2 Å². The van der Waals surface area contributed by atoms with Crippen molar-refractivity contribution in [3.05, 3.63) is 63.2 Å². The topological polar surface area (TPSA) is 134 Å². The van der Waals surface area contributed by atoms with Gasteiger partial charge in [-0.1, -0.05) is 6.07 Å². The Labute approximate surface area is 183 Å². The number of carboxylic acid groups (broad SMARTS) is 1. The highest BCUT2D eigenvalue weighted by Gasteiger charge is 2.23. The lowest BCUT2D eigenvalue weighted by Gasteiger charge is -2.30. The number of amides is 1. The second-order valence-corrected chi connectivity index (χ2v) is 7.21. The average molecular weight is 444 g/mol. The maximum atomic E-state index is 12.9. The highest BCUT2D eigenvalue weighted by molar-refractivity contribution is 7.80. The standard InChI is InChI=1S/C20H20N4O6S/c1-12-2-3-13(19(26)27)10-16(12)21-20(31)22-18(25)15-11-14(24(28)29)4-5-17(15)23-6-8-30-9-7-23/h2-5,10-11H,6-9H2,1H3,(H,26,27)(H2,21,22,25,31). The van der Waals surface area contributed by atoms with E-state index in [0.29, 0.717) is 37.7 Å². The van der Waals surface area contributed by atoms with Crippen molar-refractivity contribution in [2.75, 3.05) is 36.5 Å². The van der Waals surface area contributed by atoms with Gasteiger partial charge in [-0.3, -0.25) is 20.2 Å². The van der Waals surface area contributed by atoms with E-state index in [9.17, 15) is 19.7 Å². The summed E-state index contributed by atoms with van der Waals surface area (Å²) in [6.45, 7) is 3.81. The van der Waals surface area contributed by atoms with Gasteiger partial charge < -0.3 is 20.1 Å². The van der Waals surface area contributed by atoms with E-state index >= 15 is 0 Å². The zero-order chi connectivity index (χ0) is 22.5. The van der Waals surface area contributed by atoms with E-state index in [0.717, 1.165) is 5.56 Å². The van der Waals surface area contributed by atoms with Gasteiger partial charge in [-0.2, -0.15) is 0 Å². The Bertz CT molecular complexity index is 1050. The summed E-state index contributed by atoms with van der Waals surface area (Å²) in [6, 6.07) is 8.57. The van der Waals surface area contributed by atoms with Crippen molar-refractivity contribution in [1.29, 1.82) is 0 Å². The number of aryl methyl sites for hydroxylation is 1. The smallest absolute Gasteiger partial charge is 0.335 e. The molecular formula is C20H20N4O6S. The minimum atomic E-state index is -1.09. The number of morpholine rings is 1. The molecule has 1 amide bonds. The zero-order valence-electron chi connectivity index (χ0n) is 16.6. The van der Waals surface area contributed by atoms with Crippen LogP contribution in [0.2, 0.25) is 0 Å². The van der Waals surface area contributed by atoms with Crippen LogP contribution < -0.4 is 15.5 Å². The Morgan fingerprint density at radius 2 is 1.90 bits per heavy atom. The number of nitro benzene ring substituents is 1. The third kappa shape index (κ3) is 5.32. The minimum absolute atomic E-state index is 0.0601. The summed E-state index contributed by atoms with van der Waals surface area (Å²) in [5, 5.41) is 25.6. The Morgan fingerprint density at radius 3 is 2.55 bits per heavy atom. The lowest BCUT2D eigenvalue weighted by molar-refractivity contribution is -0.384. The van der Waals surface area contributed by atoms with Crippen molar-refractivity contribution in [1.82, 2.24) is 5.32 Å². The van der Waals surface area contributed by atoms with Crippen LogP contribution in [0.25, 0.3) is 0 Å². The monoisotopic (exact) mass is 444 g/mol. The molecule has 1 aliphatic rings. The average Bonchev–Trinajstić information content (AvgIpc) is 2.75. The van der Waals surface area contributed by atoms with Gasteiger partial charge in [-0.25, -0.2) is 4.79 Å². The summed E-state index contributed by atoms with van der Waals surface area (Å²) < 4.78 is 5.33. The zero-order valence-corrected chi connectivity index (χ0v) is 17.4. The summed E-state index contributed by atoms with van der Waals surface area (Å²) in [5.41, 5.74) is 1.65. The first-order chi connectivity index (χ1) is 14.8. The van der Waals surface area contributed by atoms with Gasteiger partial charge in [0.05, 0.1) is 35.0 Å². The van der Waals surface area contributed by atoms with Crippen LogP contribution in [-0.2, 0) is 4.74 Å². The molecule has 0 unspecified atom stereocenters. The second-order valence-electron chi connectivity index (χ2n) is 6.80. The molecule has 1 aliphatic heterocycles. The number of carboxylic acids is 1. The Hall–Kier alpha value is -3.57. The van der Waals surface area contributed by atoms with Crippen LogP contribution in [0.5, 0.6) is 0 Å². The molecule has 0 aliphatic carbocycles. The first-order valence-corrected chi connectivity index (χ1v) is 9.74. The predicted octanol–water partition coefficient (Wildman–Crippen LogP) is 2.56. The Kier molecular flexibility index (Phi) is 6.78. The van der Waals surface area contributed by atoms with Crippen LogP contribution in [0.1, 0.15) is 26.3 Å². The third-order valence-electron chi connectivity index (χ3n) is 4.75. The normalized spacial score (nSPS) is 13.4. The van der Waals surface area contributed by atoms with E-state index in [4.69, 9.17) is 22.1 Å². The SMILES string of the molecule is Cc1ccc(C(=O)O)cc1NC(=S)NC(=O)c1cc([N+](=O)[O-])ccc1N1CCOCC1. The summed E-state index contributed by atoms with van der Waals surface area (Å²) >= 11 is 5.21. The van der Waals surface area contributed by atoms with Gasteiger partial charge >= 0.3 is 5.97 Å². The van der Waals surface area contributed by atoms with Gasteiger partial charge in [0.1, 0.15) is 0 Å². The van der Waals surface area contributed by atoms with Gasteiger partial charge in [-0.05, 0) is 42.9 Å². The van der Waals surface area contributed by atoms with Gasteiger partial charge in [-0.15, -0.1) is 0 Å². The number of non-ortho nitro benzene ring substituents is 1. The van der Waals surface area contributed by atoms with Crippen molar-refractivity contribution < 1.29 is 24.4 Å². The van der Waals surface area contributed by atoms with Crippen molar-refractivity contribution in [3.63, 3.8) is 0 Å². The molecule has 3 rings (SSSR count). The molecule has 0 radical (unpaired) electrons. The molecule has 0 atom stereocenters. The molecule has 162 valence electrons. The van der Waals surface area contributed by atoms with Gasteiger partial charge in [0.2, 0.25) is 0 Å². The summed E-state index contributed by atoms with van der Waals surface area (Å²) in [4.78, 5) is 36.7. The maximum absolute atomic E-state index is 12.9. The minimum Gasteiger partial charge on any atom is -0.478 e. The van der Waals surface area contributed by atoms with Crippen molar-refractivity contribution in [3.8, 4) is 0 Å². The fraction of sp³-hybridized carbons (Fsp3) is 0.250. The second kappa shape index (κ2) is 9.49. The molecule has 3 N–H and O–H groups in total. The fourth-order valence-corrected chi connectivity index (χ4v) is 3.32. The Balaban J connectivity index is 1.82. The maximum Gasteiger partial charge on any atom is 0.335 e. The number of anilines is 2.